The number of benzene rings is 2. The Morgan fingerprint density at radius 2 is 1.59 bits per heavy atom. The first-order valence-corrected chi connectivity index (χ1v) is 12.3. The molecule has 0 saturated carbocycles. The summed E-state index contributed by atoms with van der Waals surface area (Å²) in [6.07, 6.45) is -9.53. The van der Waals surface area contributed by atoms with E-state index in [2.05, 4.69) is 11.4 Å². The number of carbonyl (C=O) groups is 2. The van der Waals surface area contributed by atoms with Crippen LogP contribution in [0.2, 0.25) is 10.0 Å². The summed E-state index contributed by atoms with van der Waals surface area (Å²) in [5.74, 6) is -6.15. The number of hydrogen-bond acceptors (Lipinski definition) is 4. The molecular formula is C26H23Cl2F7N2O4. The normalized spacial score (nSPS) is 22.9. The molecule has 1 heterocycles. The van der Waals surface area contributed by atoms with Crippen LogP contribution in [-0.2, 0) is 21.2 Å². The summed E-state index contributed by atoms with van der Waals surface area (Å²) in [6.45, 7) is 5.65. The topological polar surface area (TPSA) is 110 Å². The molecule has 0 aliphatic carbocycles. The predicted molar refractivity (Wildman–Crippen MR) is 134 cm³/mol. The van der Waals surface area contributed by atoms with Crippen molar-refractivity contribution in [3.8, 4) is 6.07 Å². The van der Waals surface area contributed by atoms with Crippen molar-refractivity contribution in [3.63, 3.8) is 0 Å². The minimum Gasteiger partial charge on any atom is -0.480 e. The summed E-state index contributed by atoms with van der Waals surface area (Å²) in [5, 5.41) is 30.0. The van der Waals surface area contributed by atoms with Gasteiger partial charge < -0.3 is 10.2 Å². The zero-order valence-electron chi connectivity index (χ0n) is 21.5. The highest BCUT2D eigenvalue weighted by atomic mass is 35.5. The first-order valence-electron chi connectivity index (χ1n) is 11.6. The maximum Gasteiger partial charge on any atom is 0.490 e. The van der Waals surface area contributed by atoms with Gasteiger partial charge in [0.15, 0.2) is 0 Å². The summed E-state index contributed by atoms with van der Waals surface area (Å²) in [7, 11) is 0. The van der Waals surface area contributed by atoms with Crippen molar-refractivity contribution in [3.05, 3.63) is 69.0 Å². The van der Waals surface area contributed by atoms with E-state index >= 15 is 4.39 Å². The van der Waals surface area contributed by atoms with Gasteiger partial charge in [-0.2, -0.15) is 31.6 Å². The van der Waals surface area contributed by atoms with Gasteiger partial charge in [-0.25, -0.2) is 9.18 Å². The van der Waals surface area contributed by atoms with Crippen LogP contribution < -0.4 is 5.32 Å². The molecule has 0 spiro atoms. The number of aliphatic carboxylic acids is 2. The lowest BCUT2D eigenvalue weighted by molar-refractivity contribution is -0.192. The molecule has 41 heavy (non-hydrogen) atoms. The van der Waals surface area contributed by atoms with E-state index in [-0.39, 0.29) is 22.6 Å². The fourth-order valence-corrected chi connectivity index (χ4v) is 5.22. The minimum atomic E-state index is -5.08. The van der Waals surface area contributed by atoms with E-state index in [0.29, 0.717) is 0 Å². The van der Waals surface area contributed by atoms with Crippen molar-refractivity contribution in [2.45, 2.75) is 63.0 Å². The quantitative estimate of drug-likeness (QED) is 0.308. The maximum absolute atomic E-state index is 15.3. The summed E-state index contributed by atoms with van der Waals surface area (Å²) in [5.41, 5.74) is -3.30. The largest absolute Gasteiger partial charge is 0.490 e. The molecule has 1 aliphatic rings. The van der Waals surface area contributed by atoms with Crippen LogP contribution in [0.15, 0.2) is 36.4 Å². The number of nitriles is 1. The Hall–Kier alpha value is -3.08. The monoisotopic (exact) mass is 630 g/mol. The van der Waals surface area contributed by atoms with Gasteiger partial charge in [-0.1, -0.05) is 56.1 Å². The number of nitrogens with zero attached hydrogens (tertiary/aromatic N) is 1. The number of carboxylic acids is 2. The van der Waals surface area contributed by atoms with Gasteiger partial charge in [0.2, 0.25) is 0 Å². The lowest BCUT2D eigenvalue weighted by Gasteiger charge is -2.37. The number of alkyl halides is 6. The molecule has 4 atom stereocenters. The van der Waals surface area contributed by atoms with Gasteiger partial charge in [-0.15, -0.1) is 0 Å². The van der Waals surface area contributed by atoms with Crippen molar-refractivity contribution in [2.75, 3.05) is 0 Å². The molecule has 0 radical (unpaired) electrons. The van der Waals surface area contributed by atoms with E-state index in [0.717, 1.165) is 24.3 Å². The van der Waals surface area contributed by atoms with Crippen LogP contribution in [0.5, 0.6) is 0 Å². The number of halogens is 9. The van der Waals surface area contributed by atoms with E-state index in [4.69, 9.17) is 33.1 Å². The predicted octanol–water partition coefficient (Wildman–Crippen LogP) is 7.19. The van der Waals surface area contributed by atoms with E-state index < -0.39 is 69.5 Å². The molecule has 3 rings (SSSR count). The molecule has 0 aromatic heterocycles. The highest BCUT2D eigenvalue weighted by Crippen LogP contribution is 2.52. The third-order valence-corrected chi connectivity index (χ3v) is 6.85. The maximum atomic E-state index is 15.3. The van der Waals surface area contributed by atoms with Crippen LogP contribution in [0.4, 0.5) is 30.7 Å². The Kier molecular flexibility index (Phi) is 10.0. The first-order chi connectivity index (χ1) is 18.6. The Labute approximate surface area is 239 Å². The third kappa shape index (κ3) is 7.61. The van der Waals surface area contributed by atoms with Gasteiger partial charge in [0.1, 0.15) is 17.3 Å². The molecule has 1 aliphatic heterocycles. The van der Waals surface area contributed by atoms with Crippen molar-refractivity contribution in [1.29, 1.82) is 5.26 Å². The van der Waals surface area contributed by atoms with Crippen LogP contribution in [0, 0.1) is 22.6 Å². The molecule has 224 valence electrons. The average molecular weight is 631 g/mol. The van der Waals surface area contributed by atoms with Gasteiger partial charge in [0.25, 0.3) is 0 Å². The lowest BCUT2D eigenvalue weighted by Crippen LogP contribution is -2.44. The highest BCUT2D eigenvalue weighted by Gasteiger charge is 2.60. The van der Waals surface area contributed by atoms with Crippen LogP contribution >= 0.6 is 23.2 Å². The van der Waals surface area contributed by atoms with E-state index in [1.54, 1.807) is 0 Å². The SMILES string of the molecule is CC(C)(C)CC1NC(C(=O)O)C(c2ccc(C(F)(F)F)c(Cl)c2)C1(C#N)c1ccc(Cl)cc1F.O=C(O)C(F)(F)F. The summed E-state index contributed by atoms with van der Waals surface area (Å²) in [4.78, 5) is 21.2. The summed E-state index contributed by atoms with van der Waals surface area (Å²) >= 11 is 11.8. The zero-order valence-corrected chi connectivity index (χ0v) is 23.0. The first kappa shape index (κ1) is 34.1. The Bertz CT molecular complexity index is 1350. The van der Waals surface area contributed by atoms with Crippen LogP contribution in [-0.4, -0.2) is 40.4 Å². The van der Waals surface area contributed by atoms with Gasteiger partial charge in [-0.3, -0.25) is 10.1 Å². The average Bonchev–Trinajstić information content (AvgIpc) is 3.11. The molecule has 2 aromatic rings. The second-order valence-electron chi connectivity index (χ2n) is 10.4. The second-order valence-corrected chi connectivity index (χ2v) is 11.3. The fourth-order valence-electron chi connectivity index (χ4n) is 4.77. The molecule has 1 saturated heterocycles. The van der Waals surface area contributed by atoms with E-state index in [1.807, 2.05) is 20.8 Å². The van der Waals surface area contributed by atoms with E-state index in [9.17, 15) is 41.5 Å². The molecule has 6 nitrogen and oxygen atoms in total. The smallest absolute Gasteiger partial charge is 0.480 e. The van der Waals surface area contributed by atoms with Crippen molar-refractivity contribution in [1.82, 2.24) is 5.32 Å². The lowest BCUT2D eigenvalue weighted by atomic mass is 9.63. The Morgan fingerprint density at radius 1 is 1.02 bits per heavy atom. The fraction of sp³-hybridized carbons (Fsp3) is 0.423. The molecule has 4 unspecified atom stereocenters. The number of nitrogens with one attached hydrogen (secondary N) is 1. The molecule has 15 heteroatoms. The molecule has 1 fully saturated rings. The van der Waals surface area contributed by atoms with Gasteiger partial charge >= 0.3 is 24.3 Å². The second kappa shape index (κ2) is 12.0. The zero-order chi connectivity index (χ0) is 31.7. The standard InChI is InChI=1S/C24H22Cl2F4N2O2.C2HF3O2/c1-22(2,3)10-18-23(11-31,15-7-5-13(25)9-17(15)27)19(20(32-18)21(33)34)12-4-6-14(16(26)8-12)24(28,29)30;3-2(4,5)1(6)7/h4-9,18-20,32H,10H2,1-3H3,(H,33,34);(H,6,7). The Balaban J connectivity index is 0.000000745. The number of hydrogen-bond donors (Lipinski definition) is 3. The van der Waals surface area contributed by atoms with Gasteiger partial charge in [0.05, 0.1) is 16.7 Å². The third-order valence-electron chi connectivity index (χ3n) is 6.30. The van der Waals surface area contributed by atoms with Crippen molar-refractivity contribution < 1.29 is 50.5 Å². The molecule has 0 amide bonds. The van der Waals surface area contributed by atoms with Gasteiger partial charge in [0, 0.05) is 22.5 Å². The molecule has 2 aromatic carbocycles. The van der Waals surface area contributed by atoms with Crippen molar-refractivity contribution >= 4 is 35.1 Å². The van der Waals surface area contributed by atoms with Gasteiger partial charge in [-0.05, 0) is 41.7 Å². The van der Waals surface area contributed by atoms with Crippen molar-refractivity contribution in [2.24, 2.45) is 5.41 Å². The molecular weight excluding hydrogens is 608 g/mol. The van der Waals surface area contributed by atoms with Crippen LogP contribution in [0.1, 0.15) is 49.8 Å². The van der Waals surface area contributed by atoms with Crippen LogP contribution in [0.25, 0.3) is 0 Å². The number of rotatable bonds is 4. The highest BCUT2D eigenvalue weighted by molar-refractivity contribution is 6.31. The summed E-state index contributed by atoms with van der Waals surface area (Å²) < 4.78 is 86.8. The molecule has 0 bridgehead atoms. The number of carboxylic acid groups (broad SMARTS) is 2. The van der Waals surface area contributed by atoms with E-state index in [1.165, 1.54) is 12.1 Å². The Morgan fingerprint density at radius 3 is 1.98 bits per heavy atom. The minimum absolute atomic E-state index is 0.0743. The molecule has 3 N–H and O–H groups in total. The summed E-state index contributed by atoms with van der Waals surface area (Å²) in [6, 6.07) is 6.48. The van der Waals surface area contributed by atoms with Crippen LogP contribution in [0.3, 0.4) is 0 Å².